The summed E-state index contributed by atoms with van der Waals surface area (Å²) in [5.41, 5.74) is 0. The minimum atomic E-state index is -1.21. The molecule has 0 bridgehead atoms. The normalized spacial score (nSPS) is 7.91. The Morgan fingerprint density at radius 3 is 2.09 bits per heavy atom. The number of hydrazine groups is 1. The second-order valence-electron chi connectivity index (χ2n) is 1.72. The van der Waals surface area contributed by atoms with Crippen molar-refractivity contribution in [2.24, 2.45) is 0 Å². The standard InChI is InChI=1S/C5H8N2O3.ClH/c1-6(2)7(3-4-8)5(9)10;/h3H,1-2H3,(H,9,10);1H. The van der Waals surface area contributed by atoms with E-state index in [2.05, 4.69) is 0 Å². The first kappa shape index (κ1) is 12.6. The van der Waals surface area contributed by atoms with E-state index in [9.17, 15) is 9.59 Å². The lowest BCUT2D eigenvalue weighted by molar-refractivity contribution is 0.0717. The van der Waals surface area contributed by atoms with Crippen LogP contribution in [0.5, 0.6) is 0 Å². The van der Waals surface area contributed by atoms with Crippen LogP contribution in [0.25, 0.3) is 0 Å². The largest absolute Gasteiger partial charge is 0.464 e. The average molecular weight is 181 g/mol. The lowest BCUT2D eigenvalue weighted by Gasteiger charge is -2.19. The summed E-state index contributed by atoms with van der Waals surface area (Å²) in [7, 11) is 3.00. The van der Waals surface area contributed by atoms with Crippen LogP contribution in [0.15, 0.2) is 6.20 Å². The van der Waals surface area contributed by atoms with Crippen LogP contribution in [-0.4, -0.2) is 41.3 Å². The number of carboxylic acid groups (broad SMARTS) is 1. The summed E-state index contributed by atoms with van der Waals surface area (Å²) in [5.74, 6) is 1.36. The van der Waals surface area contributed by atoms with Crippen molar-refractivity contribution in [3.8, 4) is 0 Å². The predicted molar refractivity (Wildman–Crippen MR) is 41.1 cm³/mol. The highest BCUT2D eigenvalue weighted by Gasteiger charge is 2.09. The van der Waals surface area contributed by atoms with E-state index in [1.54, 1.807) is 0 Å². The summed E-state index contributed by atoms with van der Waals surface area (Å²) < 4.78 is 0. The van der Waals surface area contributed by atoms with Crippen LogP contribution >= 0.6 is 12.4 Å². The minimum Gasteiger partial charge on any atom is -0.464 e. The van der Waals surface area contributed by atoms with Gasteiger partial charge in [-0.3, -0.25) is 0 Å². The summed E-state index contributed by atoms with van der Waals surface area (Å²) in [4.78, 5) is 19.9. The van der Waals surface area contributed by atoms with E-state index >= 15 is 0 Å². The maximum atomic E-state index is 10.2. The summed E-state index contributed by atoms with van der Waals surface area (Å²) in [6.45, 7) is 0. The maximum absolute atomic E-state index is 10.2. The Morgan fingerprint density at radius 2 is 2.00 bits per heavy atom. The Bertz CT molecular complexity index is 175. The van der Waals surface area contributed by atoms with Crippen LogP contribution < -0.4 is 0 Å². The molecule has 6 heteroatoms. The van der Waals surface area contributed by atoms with E-state index < -0.39 is 6.09 Å². The highest BCUT2D eigenvalue weighted by atomic mass is 35.5. The van der Waals surface area contributed by atoms with E-state index in [1.807, 2.05) is 0 Å². The Balaban J connectivity index is 0. The van der Waals surface area contributed by atoms with Crippen molar-refractivity contribution in [1.82, 2.24) is 10.0 Å². The molecule has 0 unspecified atom stereocenters. The highest BCUT2D eigenvalue weighted by molar-refractivity contribution is 5.85. The third kappa shape index (κ3) is 4.38. The zero-order valence-electron chi connectivity index (χ0n) is 6.14. The zero-order valence-corrected chi connectivity index (χ0v) is 6.96. The molecule has 0 aromatic heterocycles. The number of halogens is 1. The van der Waals surface area contributed by atoms with Gasteiger partial charge in [0, 0.05) is 14.1 Å². The van der Waals surface area contributed by atoms with Gasteiger partial charge in [-0.2, -0.15) is 0 Å². The fraction of sp³-hybridized carbons (Fsp3) is 0.400. The molecule has 5 nitrogen and oxygen atoms in total. The molecule has 0 aromatic rings. The highest BCUT2D eigenvalue weighted by Crippen LogP contribution is 1.90. The van der Waals surface area contributed by atoms with Gasteiger partial charge in [0.05, 0.1) is 0 Å². The molecule has 0 spiro atoms. The lowest BCUT2D eigenvalue weighted by Crippen LogP contribution is -2.36. The second-order valence-corrected chi connectivity index (χ2v) is 1.72. The molecule has 0 saturated carbocycles. The summed E-state index contributed by atoms with van der Waals surface area (Å²) in [6, 6.07) is 0. The van der Waals surface area contributed by atoms with Crippen molar-refractivity contribution in [2.75, 3.05) is 14.1 Å². The fourth-order valence-corrected chi connectivity index (χ4v) is 0.392. The van der Waals surface area contributed by atoms with Gasteiger partial charge in [-0.05, 0) is 0 Å². The first-order chi connectivity index (χ1) is 4.59. The fourth-order valence-electron chi connectivity index (χ4n) is 0.392. The lowest BCUT2D eigenvalue weighted by atomic mass is 10.8. The van der Waals surface area contributed by atoms with Gasteiger partial charge in [0.15, 0.2) is 0 Å². The topological polar surface area (TPSA) is 60.9 Å². The predicted octanol–water partition coefficient (Wildman–Crippen LogP) is 0.210. The first-order valence-corrected chi connectivity index (χ1v) is 2.50. The Kier molecular flexibility index (Phi) is 6.58. The van der Waals surface area contributed by atoms with Crippen LogP contribution in [0.4, 0.5) is 4.79 Å². The van der Waals surface area contributed by atoms with Gasteiger partial charge in [-0.25, -0.2) is 19.6 Å². The van der Waals surface area contributed by atoms with Crippen LogP contribution in [0, 0.1) is 0 Å². The van der Waals surface area contributed by atoms with Gasteiger partial charge < -0.3 is 5.11 Å². The van der Waals surface area contributed by atoms with E-state index in [1.165, 1.54) is 25.0 Å². The molecule has 0 aliphatic carbocycles. The number of hydrogen-bond acceptors (Lipinski definition) is 3. The monoisotopic (exact) mass is 180 g/mol. The van der Waals surface area contributed by atoms with E-state index in [0.29, 0.717) is 5.01 Å². The molecule has 0 aliphatic rings. The molecule has 0 aliphatic heterocycles. The smallest absolute Gasteiger partial charge is 0.426 e. The molecular formula is C5H9ClN2O3. The van der Waals surface area contributed by atoms with Gasteiger partial charge in [-0.1, -0.05) is 0 Å². The number of nitrogens with zero attached hydrogens (tertiary/aromatic N) is 2. The van der Waals surface area contributed by atoms with Crippen molar-refractivity contribution in [3.05, 3.63) is 6.20 Å². The van der Waals surface area contributed by atoms with Crippen molar-refractivity contribution >= 4 is 24.4 Å². The summed E-state index contributed by atoms with van der Waals surface area (Å²) >= 11 is 0. The Morgan fingerprint density at radius 1 is 1.55 bits per heavy atom. The molecule has 0 heterocycles. The number of amides is 1. The van der Waals surface area contributed by atoms with Gasteiger partial charge in [0.25, 0.3) is 0 Å². The molecule has 64 valence electrons. The molecule has 11 heavy (non-hydrogen) atoms. The summed E-state index contributed by atoms with van der Waals surface area (Å²) in [5, 5.41) is 10.3. The third-order valence-corrected chi connectivity index (χ3v) is 0.802. The average Bonchev–Trinajstić information content (AvgIpc) is 1.81. The molecule has 0 fully saturated rings. The number of rotatable bonds is 2. The number of hydrogen-bond donors (Lipinski definition) is 1. The Labute approximate surface area is 70.3 Å². The maximum Gasteiger partial charge on any atom is 0.426 e. The third-order valence-electron chi connectivity index (χ3n) is 0.802. The van der Waals surface area contributed by atoms with Crippen LogP contribution in [-0.2, 0) is 4.79 Å². The van der Waals surface area contributed by atoms with Gasteiger partial charge in [-0.15, -0.1) is 12.4 Å². The van der Waals surface area contributed by atoms with Crippen molar-refractivity contribution < 1.29 is 14.7 Å². The van der Waals surface area contributed by atoms with E-state index in [4.69, 9.17) is 5.11 Å². The number of carbonyl (C=O) groups is 1. The van der Waals surface area contributed by atoms with E-state index in [-0.39, 0.29) is 12.4 Å². The molecule has 0 saturated heterocycles. The molecular weight excluding hydrogens is 172 g/mol. The molecule has 0 atom stereocenters. The summed E-state index contributed by atoms with van der Waals surface area (Å²) in [6.07, 6.45) is -0.421. The minimum absolute atomic E-state index is 0. The molecule has 0 radical (unpaired) electrons. The first-order valence-electron chi connectivity index (χ1n) is 2.50. The van der Waals surface area contributed by atoms with Gasteiger partial charge >= 0.3 is 6.09 Å². The number of carbonyl (C=O) groups excluding carboxylic acids is 1. The second kappa shape index (κ2) is 5.73. The quantitative estimate of drug-likeness (QED) is 0.488. The van der Waals surface area contributed by atoms with Gasteiger partial charge in [0.2, 0.25) is 0 Å². The van der Waals surface area contributed by atoms with Crippen molar-refractivity contribution in [3.63, 3.8) is 0 Å². The SMILES string of the molecule is CN(C)N(C=C=O)C(=O)O.Cl. The van der Waals surface area contributed by atoms with Crippen LogP contribution in [0.1, 0.15) is 0 Å². The van der Waals surface area contributed by atoms with Crippen LogP contribution in [0.3, 0.4) is 0 Å². The molecule has 0 aromatic carbocycles. The zero-order chi connectivity index (χ0) is 8.15. The van der Waals surface area contributed by atoms with Crippen molar-refractivity contribution in [2.45, 2.75) is 0 Å². The molecule has 1 N–H and O–H groups in total. The van der Waals surface area contributed by atoms with E-state index in [0.717, 1.165) is 6.20 Å². The van der Waals surface area contributed by atoms with Crippen molar-refractivity contribution in [1.29, 1.82) is 0 Å². The molecule has 0 rings (SSSR count). The van der Waals surface area contributed by atoms with Gasteiger partial charge in [0.1, 0.15) is 12.1 Å². The van der Waals surface area contributed by atoms with Crippen LogP contribution in [0.2, 0.25) is 0 Å². The molecule has 1 amide bonds. The Hall–Kier alpha value is -1.03.